The van der Waals surface area contributed by atoms with Crippen LogP contribution >= 0.6 is 0 Å². The molecule has 0 radical (unpaired) electrons. The van der Waals surface area contributed by atoms with Crippen LogP contribution in [-0.2, 0) is 4.74 Å². The standard InChI is InChI=1S/C21H43N5O2/c1-16(2)15-26-13-10-18(11-14-26)24-19(22-7)23-12-9-17(3)25(8)20(27)28-21(4,5)6/h16-18H,9-15H2,1-8H3,(H2,22,23,24). The maximum atomic E-state index is 12.2. The minimum Gasteiger partial charge on any atom is -0.444 e. The van der Waals surface area contributed by atoms with Gasteiger partial charge in [0.1, 0.15) is 5.60 Å². The van der Waals surface area contributed by atoms with Gasteiger partial charge in [0.2, 0.25) is 0 Å². The molecule has 164 valence electrons. The highest BCUT2D eigenvalue weighted by molar-refractivity contribution is 5.79. The average Bonchev–Trinajstić information content (AvgIpc) is 2.59. The van der Waals surface area contributed by atoms with Crippen LogP contribution in [0.1, 0.15) is 60.8 Å². The first-order valence-corrected chi connectivity index (χ1v) is 10.7. The predicted molar refractivity (Wildman–Crippen MR) is 117 cm³/mol. The Balaban J connectivity index is 2.32. The van der Waals surface area contributed by atoms with E-state index in [4.69, 9.17) is 4.74 Å². The molecule has 0 aliphatic carbocycles. The van der Waals surface area contributed by atoms with Crippen molar-refractivity contribution in [2.24, 2.45) is 10.9 Å². The van der Waals surface area contributed by atoms with Crippen LogP contribution in [0.2, 0.25) is 0 Å². The number of nitrogens with one attached hydrogen (secondary N) is 2. The number of hydrogen-bond acceptors (Lipinski definition) is 4. The van der Waals surface area contributed by atoms with Crippen molar-refractivity contribution >= 4 is 12.1 Å². The quantitative estimate of drug-likeness (QED) is 0.511. The number of guanidine groups is 1. The van der Waals surface area contributed by atoms with E-state index in [0.29, 0.717) is 6.04 Å². The number of rotatable bonds is 7. The highest BCUT2D eigenvalue weighted by Crippen LogP contribution is 2.13. The summed E-state index contributed by atoms with van der Waals surface area (Å²) in [5, 5.41) is 6.92. The number of carbonyl (C=O) groups excluding carboxylic acids is 1. The van der Waals surface area contributed by atoms with Crippen molar-refractivity contribution in [3.05, 3.63) is 0 Å². The normalized spacial score (nSPS) is 18.1. The molecular weight excluding hydrogens is 354 g/mol. The van der Waals surface area contributed by atoms with Gasteiger partial charge in [0, 0.05) is 52.4 Å². The Bertz CT molecular complexity index is 494. The highest BCUT2D eigenvalue weighted by Gasteiger charge is 2.23. The Kier molecular flexibility index (Phi) is 10.1. The molecule has 1 aliphatic rings. The summed E-state index contributed by atoms with van der Waals surface area (Å²) in [5.74, 6) is 1.56. The summed E-state index contributed by atoms with van der Waals surface area (Å²) in [6.45, 7) is 16.5. The molecule has 0 aromatic carbocycles. The molecule has 1 saturated heterocycles. The van der Waals surface area contributed by atoms with Crippen molar-refractivity contribution in [3.63, 3.8) is 0 Å². The van der Waals surface area contributed by atoms with Crippen LogP contribution in [0.4, 0.5) is 4.79 Å². The minimum atomic E-state index is -0.472. The Labute approximate surface area is 172 Å². The third-order valence-electron chi connectivity index (χ3n) is 4.97. The maximum Gasteiger partial charge on any atom is 0.410 e. The lowest BCUT2D eigenvalue weighted by atomic mass is 10.0. The van der Waals surface area contributed by atoms with E-state index in [0.717, 1.165) is 50.8 Å². The van der Waals surface area contributed by atoms with E-state index in [9.17, 15) is 4.79 Å². The zero-order valence-corrected chi connectivity index (χ0v) is 19.3. The zero-order valence-electron chi connectivity index (χ0n) is 19.3. The van der Waals surface area contributed by atoms with Gasteiger partial charge in [0.25, 0.3) is 0 Å². The van der Waals surface area contributed by atoms with E-state index in [-0.39, 0.29) is 12.1 Å². The van der Waals surface area contributed by atoms with E-state index in [1.54, 1.807) is 19.0 Å². The summed E-state index contributed by atoms with van der Waals surface area (Å²) < 4.78 is 5.43. The van der Waals surface area contributed by atoms with Gasteiger partial charge in [-0.1, -0.05) is 13.8 Å². The van der Waals surface area contributed by atoms with Gasteiger partial charge in [-0.15, -0.1) is 0 Å². The van der Waals surface area contributed by atoms with Crippen molar-refractivity contribution in [2.45, 2.75) is 78.5 Å². The lowest BCUT2D eigenvalue weighted by molar-refractivity contribution is 0.0230. The zero-order chi connectivity index (χ0) is 21.3. The third-order valence-corrected chi connectivity index (χ3v) is 4.97. The molecule has 7 heteroatoms. The molecule has 1 rings (SSSR count). The summed E-state index contributed by atoms with van der Waals surface area (Å²) in [4.78, 5) is 20.7. The molecule has 1 unspecified atom stereocenters. The minimum absolute atomic E-state index is 0.0831. The van der Waals surface area contributed by atoms with E-state index in [1.165, 1.54) is 6.54 Å². The fourth-order valence-corrected chi connectivity index (χ4v) is 3.27. The second-order valence-electron chi connectivity index (χ2n) is 9.34. The van der Waals surface area contributed by atoms with Gasteiger partial charge in [-0.3, -0.25) is 4.99 Å². The monoisotopic (exact) mass is 397 g/mol. The molecule has 0 aromatic rings. The number of likely N-dealkylation sites (tertiary alicyclic amines) is 1. The van der Waals surface area contributed by atoms with Gasteiger partial charge < -0.3 is 25.2 Å². The molecule has 7 nitrogen and oxygen atoms in total. The van der Waals surface area contributed by atoms with Crippen LogP contribution in [0.25, 0.3) is 0 Å². The van der Waals surface area contributed by atoms with E-state index < -0.39 is 5.60 Å². The van der Waals surface area contributed by atoms with E-state index in [1.807, 2.05) is 27.7 Å². The molecule has 28 heavy (non-hydrogen) atoms. The van der Waals surface area contributed by atoms with Gasteiger partial charge in [-0.25, -0.2) is 4.79 Å². The predicted octanol–water partition coefficient (Wildman–Crippen LogP) is 2.92. The van der Waals surface area contributed by atoms with Crippen molar-refractivity contribution < 1.29 is 9.53 Å². The number of nitrogens with zero attached hydrogens (tertiary/aromatic N) is 3. The Morgan fingerprint density at radius 3 is 2.36 bits per heavy atom. The van der Waals surface area contributed by atoms with Gasteiger partial charge >= 0.3 is 6.09 Å². The summed E-state index contributed by atoms with van der Waals surface area (Å²) >= 11 is 0. The molecule has 0 bridgehead atoms. The van der Waals surface area contributed by atoms with E-state index >= 15 is 0 Å². The number of piperidine rings is 1. The molecule has 1 amide bonds. The second-order valence-corrected chi connectivity index (χ2v) is 9.34. The second kappa shape index (κ2) is 11.5. The summed E-state index contributed by atoms with van der Waals surface area (Å²) in [5.41, 5.74) is -0.472. The third kappa shape index (κ3) is 9.62. The Morgan fingerprint density at radius 2 is 1.86 bits per heavy atom. The fraction of sp³-hybridized carbons (Fsp3) is 0.905. The molecule has 1 fully saturated rings. The first-order valence-electron chi connectivity index (χ1n) is 10.7. The van der Waals surface area contributed by atoms with Crippen molar-refractivity contribution in [1.29, 1.82) is 0 Å². The largest absolute Gasteiger partial charge is 0.444 e. The molecule has 2 N–H and O–H groups in total. The molecular formula is C21H43N5O2. The van der Waals surface area contributed by atoms with Gasteiger partial charge in [0.05, 0.1) is 0 Å². The number of aliphatic imine (C=N–C) groups is 1. The van der Waals surface area contributed by atoms with Gasteiger partial charge in [-0.05, 0) is 52.9 Å². The number of ether oxygens (including phenoxy) is 1. The summed E-state index contributed by atoms with van der Waals surface area (Å²) in [6.07, 6.45) is 2.83. The van der Waals surface area contributed by atoms with Crippen LogP contribution in [0, 0.1) is 5.92 Å². The Morgan fingerprint density at radius 1 is 1.25 bits per heavy atom. The average molecular weight is 398 g/mol. The first kappa shape index (κ1) is 24.5. The molecule has 1 aliphatic heterocycles. The Hall–Kier alpha value is -1.50. The molecule has 1 atom stereocenters. The summed E-state index contributed by atoms with van der Waals surface area (Å²) in [7, 11) is 3.59. The van der Waals surface area contributed by atoms with Crippen LogP contribution in [0.15, 0.2) is 4.99 Å². The van der Waals surface area contributed by atoms with Gasteiger partial charge in [-0.2, -0.15) is 0 Å². The van der Waals surface area contributed by atoms with E-state index in [2.05, 4.69) is 34.4 Å². The van der Waals surface area contributed by atoms with Crippen LogP contribution < -0.4 is 10.6 Å². The lowest BCUT2D eigenvalue weighted by Crippen LogP contribution is -2.49. The number of amides is 1. The SMILES string of the molecule is CN=C(NCCC(C)N(C)C(=O)OC(C)(C)C)NC1CCN(CC(C)C)CC1. The maximum absolute atomic E-state index is 12.2. The van der Waals surface area contributed by atoms with Crippen molar-refractivity contribution in [3.8, 4) is 0 Å². The van der Waals surface area contributed by atoms with Crippen LogP contribution in [0.5, 0.6) is 0 Å². The first-order chi connectivity index (χ1) is 13.0. The number of carbonyl (C=O) groups is 1. The molecule has 0 spiro atoms. The smallest absolute Gasteiger partial charge is 0.410 e. The van der Waals surface area contributed by atoms with Crippen LogP contribution in [-0.4, -0.2) is 79.8 Å². The molecule has 0 saturated carbocycles. The van der Waals surface area contributed by atoms with Crippen LogP contribution in [0.3, 0.4) is 0 Å². The molecule has 1 heterocycles. The summed E-state index contributed by atoms with van der Waals surface area (Å²) in [6, 6.07) is 0.552. The lowest BCUT2D eigenvalue weighted by Gasteiger charge is -2.34. The molecule has 0 aromatic heterocycles. The number of hydrogen-bond donors (Lipinski definition) is 2. The highest BCUT2D eigenvalue weighted by atomic mass is 16.6. The topological polar surface area (TPSA) is 69.2 Å². The van der Waals surface area contributed by atoms with Crippen molar-refractivity contribution in [1.82, 2.24) is 20.4 Å². The fourth-order valence-electron chi connectivity index (χ4n) is 3.27. The van der Waals surface area contributed by atoms with Crippen molar-refractivity contribution in [2.75, 3.05) is 40.3 Å². The van der Waals surface area contributed by atoms with Gasteiger partial charge in [0.15, 0.2) is 5.96 Å².